The third-order valence-electron chi connectivity index (χ3n) is 5.84. The summed E-state index contributed by atoms with van der Waals surface area (Å²) in [4.78, 5) is 11.4. The average Bonchev–Trinajstić information content (AvgIpc) is 2.81. The molecule has 3 rings (SSSR count). The Morgan fingerprint density at radius 3 is 2.06 bits per heavy atom. The fourth-order valence-electron chi connectivity index (χ4n) is 3.98. The van der Waals surface area contributed by atoms with E-state index >= 15 is 0 Å². The highest BCUT2D eigenvalue weighted by Gasteiger charge is 2.51. The SMILES string of the molecule is O=C(O)C(O)c1ccccc1C1O[C@H](CO)[C@@H](O)[C@H](O)[C@H]1OC1O[C@H](CO)[C@@H](O)[C@H](O)[C@H]1O. The van der Waals surface area contributed by atoms with E-state index in [4.69, 9.17) is 14.2 Å². The summed E-state index contributed by atoms with van der Waals surface area (Å²) in [5, 5.41) is 89.6. The summed E-state index contributed by atoms with van der Waals surface area (Å²) in [6, 6.07) is 5.63. The van der Waals surface area contributed by atoms with E-state index in [0.29, 0.717) is 0 Å². The molecule has 0 radical (unpaired) electrons. The Kier molecular flexibility index (Phi) is 8.36. The molecule has 33 heavy (non-hydrogen) atoms. The van der Waals surface area contributed by atoms with Gasteiger partial charge in [0, 0.05) is 0 Å². The fourth-order valence-corrected chi connectivity index (χ4v) is 3.98. The van der Waals surface area contributed by atoms with Crippen LogP contribution < -0.4 is 0 Å². The third-order valence-corrected chi connectivity index (χ3v) is 5.84. The zero-order valence-corrected chi connectivity index (χ0v) is 17.2. The second-order valence-electron chi connectivity index (χ2n) is 7.93. The summed E-state index contributed by atoms with van der Waals surface area (Å²) in [5.41, 5.74) is -0.0657. The molecule has 0 aliphatic carbocycles. The van der Waals surface area contributed by atoms with E-state index in [9.17, 15) is 50.8 Å². The normalized spacial score (nSPS) is 40.4. The molecular weight excluding hydrogens is 448 g/mol. The van der Waals surface area contributed by atoms with Gasteiger partial charge in [0.1, 0.15) is 54.9 Å². The molecule has 0 saturated carbocycles. The molecule has 13 nitrogen and oxygen atoms in total. The number of hydrogen-bond acceptors (Lipinski definition) is 12. The molecule has 13 heteroatoms. The Balaban J connectivity index is 1.98. The van der Waals surface area contributed by atoms with Crippen LogP contribution in [0.25, 0.3) is 0 Å². The lowest BCUT2D eigenvalue weighted by Gasteiger charge is -2.46. The van der Waals surface area contributed by atoms with Crippen LogP contribution in [-0.2, 0) is 19.0 Å². The number of carbonyl (C=O) groups is 1. The first-order valence-electron chi connectivity index (χ1n) is 10.2. The van der Waals surface area contributed by atoms with Gasteiger partial charge in [-0.05, 0) is 11.1 Å². The van der Waals surface area contributed by atoms with Gasteiger partial charge in [-0.1, -0.05) is 24.3 Å². The average molecular weight is 476 g/mol. The number of ether oxygens (including phenoxy) is 3. The van der Waals surface area contributed by atoms with E-state index in [1.807, 2.05) is 0 Å². The molecule has 2 aliphatic heterocycles. The lowest BCUT2D eigenvalue weighted by atomic mass is 9.87. The van der Waals surface area contributed by atoms with E-state index < -0.39 is 86.5 Å². The third kappa shape index (κ3) is 5.03. The largest absolute Gasteiger partial charge is 0.479 e. The van der Waals surface area contributed by atoms with Crippen LogP contribution in [0.15, 0.2) is 24.3 Å². The second-order valence-corrected chi connectivity index (χ2v) is 7.93. The van der Waals surface area contributed by atoms with E-state index in [1.165, 1.54) is 24.3 Å². The van der Waals surface area contributed by atoms with Gasteiger partial charge in [-0.3, -0.25) is 0 Å². The summed E-state index contributed by atoms with van der Waals surface area (Å²) >= 11 is 0. The van der Waals surface area contributed by atoms with Crippen molar-refractivity contribution < 1.29 is 65.0 Å². The first-order chi connectivity index (χ1) is 15.6. The van der Waals surface area contributed by atoms with Gasteiger partial charge in [-0.15, -0.1) is 0 Å². The van der Waals surface area contributed by atoms with Crippen LogP contribution in [-0.4, -0.2) is 120 Å². The molecule has 0 amide bonds. The van der Waals surface area contributed by atoms with Crippen molar-refractivity contribution in [1.29, 1.82) is 0 Å². The number of carboxylic acid groups (broad SMARTS) is 1. The number of aliphatic hydroxyl groups is 8. The molecule has 11 atom stereocenters. The summed E-state index contributed by atoms with van der Waals surface area (Å²) < 4.78 is 16.6. The minimum Gasteiger partial charge on any atom is -0.479 e. The zero-order chi connectivity index (χ0) is 24.4. The summed E-state index contributed by atoms with van der Waals surface area (Å²) in [5.74, 6) is -1.57. The van der Waals surface area contributed by atoms with E-state index in [0.717, 1.165) is 0 Å². The first kappa shape index (κ1) is 25.9. The quantitative estimate of drug-likeness (QED) is 0.184. The molecule has 2 heterocycles. The molecule has 2 aliphatic rings. The van der Waals surface area contributed by atoms with Crippen LogP contribution in [0.1, 0.15) is 23.3 Å². The van der Waals surface area contributed by atoms with Crippen molar-refractivity contribution in [2.45, 2.75) is 67.3 Å². The molecule has 2 fully saturated rings. The maximum absolute atomic E-state index is 11.4. The highest BCUT2D eigenvalue weighted by Crippen LogP contribution is 2.39. The van der Waals surface area contributed by atoms with Gasteiger partial charge >= 0.3 is 5.97 Å². The van der Waals surface area contributed by atoms with Crippen molar-refractivity contribution in [3.05, 3.63) is 35.4 Å². The molecule has 0 bridgehead atoms. The standard InChI is InChI=1S/C20H28O13/c21-5-9-13(25)15(27)18(33-20-16(28)14(26)12(24)10(6-22)32-20)17(31-9)8-4-2-1-3-7(8)11(23)19(29)30/h1-4,9-18,20-28H,5-6H2,(H,29,30)/t9-,10-,11?,12-,13-,14+,15+,16-,17?,18-,20?/m1/s1. The van der Waals surface area contributed by atoms with Gasteiger partial charge in [0.15, 0.2) is 12.4 Å². The minimum atomic E-state index is -1.98. The molecule has 1 aromatic carbocycles. The number of aliphatic carboxylic acids is 1. The number of carboxylic acids is 1. The first-order valence-corrected chi connectivity index (χ1v) is 10.2. The van der Waals surface area contributed by atoms with Gasteiger partial charge in [0.05, 0.1) is 13.2 Å². The summed E-state index contributed by atoms with van der Waals surface area (Å²) in [7, 11) is 0. The molecule has 1 aromatic rings. The van der Waals surface area contributed by atoms with Gasteiger partial charge in [-0.25, -0.2) is 4.79 Å². The molecule has 0 spiro atoms. The maximum Gasteiger partial charge on any atom is 0.337 e. The molecule has 2 saturated heterocycles. The number of aliphatic hydroxyl groups excluding tert-OH is 8. The molecule has 0 aromatic heterocycles. The monoisotopic (exact) mass is 476 g/mol. The highest BCUT2D eigenvalue weighted by molar-refractivity contribution is 5.74. The predicted octanol–water partition coefficient (Wildman–Crippen LogP) is -3.86. The summed E-state index contributed by atoms with van der Waals surface area (Å²) in [6.45, 7) is -1.45. The van der Waals surface area contributed by atoms with Crippen LogP contribution in [0.3, 0.4) is 0 Å². The fraction of sp³-hybridized carbons (Fsp3) is 0.650. The maximum atomic E-state index is 11.4. The van der Waals surface area contributed by atoms with E-state index in [-0.39, 0.29) is 11.1 Å². The van der Waals surface area contributed by atoms with Crippen LogP contribution in [0.4, 0.5) is 0 Å². The van der Waals surface area contributed by atoms with Crippen molar-refractivity contribution in [2.24, 2.45) is 0 Å². The lowest BCUT2D eigenvalue weighted by molar-refractivity contribution is -0.342. The Morgan fingerprint density at radius 2 is 1.45 bits per heavy atom. The zero-order valence-electron chi connectivity index (χ0n) is 17.2. The Labute approximate surface area is 187 Å². The van der Waals surface area contributed by atoms with E-state index in [2.05, 4.69) is 0 Å². The van der Waals surface area contributed by atoms with Crippen LogP contribution in [0, 0.1) is 0 Å². The molecular formula is C20H28O13. The van der Waals surface area contributed by atoms with Gasteiger partial charge in [-0.2, -0.15) is 0 Å². The number of rotatable bonds is 7. The molecule has 9 N–H and O–H groups in total. The van der Waals surface area contributed by atoms with Crippen molar-refractivity contribution >= 4 is 5.97 Å². The topological polar surface area (TPSA) is 227 Å². The summed E-state index contributed by atoms with van der Waals surface area (Å²) in [6.07, 6.45) is -18.0. The van der Waals surface area contributed by atoms with Gasteiger partial charge in [0.2, 0.25) is 0 Å². The van der Waals surface area contributed by atoms with Crippen molar-refractivity contribution in [3.8, 4) is 0 Å². The van der Waals surface area contributed by atoms with Crippen LogP contribution in [0.2, 0.25) is 0 Å². The Hall–Kier alpha value is -1.75. The van der Waals surface area contributed by atoms with Crippen molar-refractivity contribution in [3.63, 3.8) is 0 Å². The number of benzene rings is 1. The second kappa shape index (κ2) is 10.7. The predicted molar refractivity (Wildman–Crippen MR) is 104 cm³/mol. The van der Waals surface area contributed by atoms with Crippen molar-refractivity contribution in [2.75, 3.05) is 13.2 Å². The Morgan fingerprint density at radius 1 is 0.879 bits per heavy atom. The van der Waals surface area contributed by atoms with Gasteiger partial charge < -0.3 is 60.2 Å². The van der Waals surface area contributed by atoms with Crippen LogP contribution in [0.5, 0.6) is 0 Å². The minimum absolute atomic E-state index is 0.0476. The molecule has 186 valence electrons. The van der Waals surface area contributed by atoms with Crippen molar-refractivity contribution in [1.82, 2.24) is 0 Å². The number of hydrogen-bond donors (Lipinski definition) is 9. The van der Waals surface area contributed by atoms with E-state index in [1.54, 1.807) is 0 Å². The smallest absolute Gasteiger partial charge is 0.337 e. The lowest BCUT2D eigenvalue weighted by Crippen LogP contribution is -2.62. The van der Waals surface area contributed by atoms with Crippen LogP contribution >= 0.6 is 0 Å². The van der Waals surface area contributed by atoms with Gasteiger partial charge in [0.25, 0.3) is 0 Å². The Bertz CT molecular complexity index is 804. The molecule has 3 unspecified atom stereocenters. The highest BCUT2D eigenvalue weighted by atomic mass is 16.7.